The molecule has 3 aliphatic rings. The van der Waals surface area contributed by atoms with Crippen molar-refractivity contribution >= 4 is 77.2 Å². The van der Waals surface area contributed by atoms with Crippen LogP contribution in [0.15, 0.2) is 78.9 Å². The lowest BCUT2D eigenvalue weighted by atomic mass is 9.80. The van der Waals surface area contributed by atoms with Crippen molar-refractivity contribution in [2.24, 2.45) is 17.8 Å². The molecule has 726 valence electrons. The zero-order chi connectivity index (χ0) is 95.2. The van der Waals surface area contributed by atoms with E-state index in [0.29, 0.717) is 137 Å². The van der Waals surface area contributed by atoms with Crippen LogP contribution in [0.5, 0.6) is 11.5 Å². The first-order valence-corrected chi connectivity index (χ1v) is 45.5. The summed E-state index contributed by atoms with van der Waals surface area (Å²) in [5, 5.41) is 26.8. The molecular formula is C94H141N7O29. The highest BCUT2D eigenvalue weighted by molar-refractivity contribution is 5.81. The van der Waals surface area contributed by atoms with Crippen LogP contribution in [0.1, 0.15) is 222 Å². The SMILES string of the molecule is COc1ccc(C(OCC(O)C(=O)N(CCCCN(CCCNC(=O)CCCCCCO[C@@H]2OC(COC(C)=O)[C@H](OC(C)=O)[C@H](C)C2NC(C)=O)C(=O)CCCCCCO[C@@H]2OC(COC(C)=O)[C@H](OC(C)=O)[C@H](C)C2NC(C)=O)CCCNC(=O)CCCCCCO[C@@H]2OC(COC(C)=O)[C@H](OC(C)=O)[C@H](C)C2NC(C)=O)(c2ccccc2)c2ccc(OC)cc2)cc1. The minimum atomic E-state index is -1.70. The van der Waals surface area contributed by atoms with E-state index in [9.17, 15) is 62.6 Å². The number of nitrogens with one attached hydrogen (secondary N) is 5. The first-order chi connectivity index (χ1) is 62.1. The average molecular weight is 1830 g/mol. The van der Waals surface area contributed by atoms with Crippen molar-refractivity contribution in [1.82, 2.24) is 36.4 Å². The molecule has 6 N–H and O–H groups in total. The maximum atomic E-state index is 15.0. The van der Waals surface area contributed by atoms with E-state index in [1.807, 2.05) is 54.6 Å². The van der Waals surface area contributed by atoms with Crippen molar-refractivity contribution in [2.45, 2.75) is 290 Å². The molecule has 6 rings (SSSR count). The predicted molar refractivity (Wildman–Crippen MR) is 472 cm³/mol. The number of ether oxygens (including phenoxy) is 15. The summed E-state index contributed by atoms with van der Waals surface area (Å²) in [7, 11) is 3.13. The van der Waals surface area contributed by atoms with E-state index in [-0.39, 0.29) is 127 Å². The summed E-state index contributed by atoms with van der Waals surface area (Å²) in [5.74, 6) is -5.79. The first-order valence-electron chi connectivity index (χ1n) is 45.5. The summed E-state index contributed by atoms with van der Waals surface area (Å²) in [5.41, 5.74) is 0.676. The Kier molecular flexibility index (Phi) is 48.6. The number of aliphatic hydroxyl groups excluding tert-OH is 1. The van der Waals surface area contributed by atoms with Gasteiger partial charge in [-0.05, 0) is 105 Å². The third-order valence-corrected chi connectivity index (χ3v) is 22.8. The largest absolute Gasteiger partial charge is 0.497 e. The summed E-state index contributed by atoms with van der Waals surface area (Å²) < 4.78 is 87.6. The van der Waals surface area contributed by atoms with Gasteiger partial charge in [-0.1, -0.05) is 114 Å². The van der Waals surface area contributed by atoms with Crippen LogP contribution in [-0.2, 0) is 130 Å². The number of rotatable bonds is 58. The summed E-state index contributed by atoms with van der Waals surface area (Å²) in [6.45, 7) is 17.8. The van der Waals surface area contributed by atoms with E-state index in [1.165, 1.54) is 62.3 Å². The van der Waals surface area contributed by atoms with Crippen molar-refractivity contribution in [3.05, 3.63) is 95.6 Å². The Hall–Kier alpha value is -9.95. The van der Waals surface area contributed by atoms with Crippen molar-refractivity contribution in [3.8, 4) is 11.5 Å². The van der Waals surface area contributed by atoms with Crippen LogP contribution >= 0.6 is 0 Å². The van der Waals surface area contributed by atoms with Crippen LogP contribution in [0.2, 0.25) is 0 Å². The minimum Gasteiger partial charge on any atom is -0.497 e. The van der Waals surface area contributed by atoms with Gasteiger partial charge in [-0.3, -0.25) is 62.3 Å². The number of esters is 6. The van der Waals surface area contributed by atoms with E-state index in [4.69, 9.17) is 71.1 Å². The van der Waals surface area contributed by atoms with Crippen LogP contribution in [0.25, 0.3) is 0 Å². The normalized spacial score (nSPS) is 22.0. The van der Waals surface area contributed by atoms with Crippen molar-refractivity contribution < 1.29 is 138 Å². The number of hydrogen-bond acceptors (Lipinski definition) is 29. The lowest BCUT2D eigenvalue weighted by molar-refractivity contribution is -0.262. The molecule has 3 fully saturated rings. The van der Waals surface area contributed by atoms with Crippen LogP contribution in [0.3, 0.4) is 0 Å². The van der Waals surface area contributed by atoms with Gasteiger partial charge in [0, 0.05) is 158 Å². The van der Waals surface area contributed by atoms with E-state index < -0.39 is 151 Å². The van der Waals surface area contributed by atoms with Gasteiger partial charge in [0.15, 0.2) is 25.0 Å². The molecular weight excluding hydrogens is 1690 g/mol. The smallest absolute Gasteiger partial charge is 0.303 e. The molecule has 0 spiro atoms. The number of carbonyl (C=O) groups excluding carboxylic acids is 13. The summed E-state index contributed by atoms with van der Waals surface area (Å²) in [6.07, 6.45) is -0.152. The van der Waals surface area contributed by atoms with E-state index in [0.717, 1.165) is 0 Å². The Balaban J connectivity index is 1.12. The van der Waals surface area contributed by atoms with Crippen LogP contribution in [-0.4, -0.2) is 272 Å². The number of benzene rings is 3. The number of hydrogen-bond donors (Lipinski definition) is 6. The molecule has 3 aromatic rings. The third kappa shape index (κ3) is 37.4. The number of aliphatic hydroxyl groups is 1. The Morgan fingerprint density at radius 1 is 0.392 bits per heavy atom. The molecule has 130 heavy (non-hydrogen) atoms. The van der Waals surface area contributed by atoms with Crippen LogP contribution in [0.4, 0.5) is 0 Å². The minimum absolute atomic E-state index is 0.121. The molecule has 0 aliphatic carbocycles. The predicted octanol–water partition coefficient (Wildman–Crippen LogP) is 7.81. The quantitative estimate of drug-likeness (QED) is 0.0136. The zero-order valence-electron chi connectivity index (χ0n) is 78.1. The monoisotopic (exact) mass is 1830 g/mol. The molecule has 0 saturated carbocycles. The highest BCUT2D eigenvalue weighted by Gasteiger charge is 2.51. The molecule has 3 saturated heterocycles. The summed E-state index contributed by atoms with van der Waals surface area (Å²) in [6, 6.07) is 22.0. The lowest BCUT2D eigenvalue weighted by Gasteiger charge is -2.44. The van der Waals surface area contributed by atoms with Gasteiger partial charge in [0.25, 0.3) is 5.91 Å². The van der Waals surface area contributed by atoms with E-state index in [1.54, 1.807) is 69.1 Å². The van der Waals surface area contributed by atoms with Crippen molar-refractivity contribution in [1.29, 1.82) is 0 Å². The number of unbranched alkanes of at least 4 members (excludes halogenated alkanes) is 10. The molecule has 36 heteroatoms. The molecule has 0 radical (unpaired) electrons. The van der Waals surface area contributed by atoms with Gasteiger partial charge < -0.3 is 113 Å². The number of amides is 7. The topological polar surface area (TPSA) is 447 Å². The second-order valence-corrected chi connectivity index (χ2v) is 33.3. The molecule has 0 aromatic heterocycles. The fourth-order valence-corrected chi connectivity index (χ4v) is 16.2. The number of nitrogens with zero attached hydrogens (tertiary/aromatic N) is 2. The first kappa shape index (κ1) is 109. The standard InChI is InChI=1S/C94H141N7O29/c1-60-84(97-63(4)102)91(128-78(57-121-66(7)105)87(60)125-69(10)108)118-53-29-18-15-24-36-81(112)95-47-32-51-100(83(114)38-26-17-20-31-55-120-93-86(99-65(6)104)62(3)89(127-71(12)110)80(130-93)59-123-68(9)107)49-27-28-50-101(90(115)77(111)56-124-94(72-34-22-21-23-35-72,73-39-43-75(116-13)44-40-73)74-41-45-76(117-14)46-42-74)52-33-48-96-82(113)37-25-16-19-30-54-119-92-85(98-64(5)103)61(2)88(126-70(11)109)79(129-92)58-122-67(8)106/h21-23,34-35,39-46,60-62,77-80,84-89,91-93,111H,15-20,24-33,36-38,47-59H2,1-14H3,(H,95,112)(H,96,113)(H,97,102)(H,98,103)(H,99,104)/t60-,61-,62-,77?,78?,79?,80?,84?,85?,86?,87-,88-,89-,91-,92-,93-/m1/s1. The highest BCUT2D eigenvalue weighted by atomic mass is 16.7. The van der Waals surface area contributed by atoms with Gasteiger partial charge in [-0.25, -0.2) is 0 Å². The van der Waals surface area contributed by atoms with Gasteiger partial charge in [0.05, 0.1) is 39.0 Å². The molecule has 0 bridgehead atoms. The molecule has 3 aromatic carbocycles. The van der Waals surface area contributed by atoms with Gasteiger partial charge in [0.2, 0.25) is 35.4 Å². The molecule has 3 heterocycles. The van der Waals surface area contributed by atoms with Gasteiger partial charge in [0.1, 0.15) is 73.5 Å². The lowest BCUT2D eigenvalue weighted by Crippen LogP contribution is -2.62. The fraction of sp³-hybridized carbons (Fsp3) is 0.670. The number of carbonyl (C=O) groups is 13. The van der Waals surface area contributed by atoms with Crippen molar-refractivity contribution in [2.75, 3.05) is 99.7 Å². The van der Waals surface area contributed by atoms with Gasteiger partial charge >= 0.3 is 35.8 Å². The van der Waals surface area contributed by atoms with E-state index >= 15 is 4.79 Å². The Bertz CT molecular complexity index is 3960. The van der Waals surface area contributed by atoms with Gasteiger partial charge in [-0.2, -0.15) is 0 Å². The van der Waals surface area contributed by atoms with Crippen LogP contribution < -0.4 is 36.1 Å². The summed E-state index contributed by atoms with van der Waals surface area (Å²) >= 11 is 0. The Morgan fingerprint density at radius 2 is 0.715 bits per heavy atom. The second kappa shape index (κ2) is 58.1. The Morgan fingerprint density at radius 3 is 1.05 bits per heavy atom. The molecule has 36 nitrogen and oxygen atoms in total. The van der Waals surface area contributed by atoms with Crippen LogP contribution in [0, 0.1) is 17.8 Å². The third-order valence-electron chi connectivity index (χ3n) is 22.8. The van der Waals surface area contributed by atoms with E-state index in [2.05, 4.69) is 26.6 Å². The molecule has 16 atom stereocenters. The highest BCUT2D eigenvalue weighted by Crippen LogP contribution is 2.43. The zero-order valence-corrected chi connectivity index (χ0v) is 78.1. The fourth-order valence-electron chi connectivity index (χ4n) is 16.2. The Labute approximate surface area is 763 Å². The maximum Gasteiger partial charge on any atom is 0.303 e. The maximum absolute atomic E-state index is 15.0. The summed E-state index contributed by atoms with van der Waals surface area (Å²) in [4.78, 5) is 168. The van der Waals surface area contributed by atoms with Crippen molar-refractivity contribution in [3.63, 3.8) is 0 Å². The molecule has 7 unspecified atom stereocenters. The number of methoxy groups -OCH3 is 2. The second-order valence-electron chi connectivity index (χ2n) is 33.3. The average Bonchev–Trinajstić information content (AvgIpc) is 0.742. The molecule has 3 aliphatic heterocycles. The van der Waals surface area contributed by atoms with Gasteiger partial charge in [-0.15, -0.1) is 0 Å². The molecule has 7 amide bonds.